The third-order valence-electron chi connectivity index (χ3n) is 5.96. The van der Waals surface area contributed by atoms with Gasteiger partial charge >= 0.3 is 0 Å². The van der Waals surface area contributed by atoms with Gasteiger partial charge in [-0.3, -0.25) is 0 Å². The molecular weight excluding hydrogens is 304 g/mol. The number of ether oxygens (including phenoxy) is 1. The molecule has 1 nitrogen and oxygen atoms in total. The predicted octanol–water partition coefficient (Wildman–Crippen LogP) is 6.41. The molecule has 0 aromatic heterocycles. The molecule has 3 rings (SSSR count). The highest BCUT2D eigenvalue weighted by atomic mass is 16.5. The van der Waals surface area contributed by atoms with Crippen LogP contribution in [0.3, 0.4) is 0 Å². The summed E-state index contributed by atoms with van der Waals surface area (Å²) in [5, 5.41) is 0. The van der Waals surface area contributed by atoms with E-state index in [9.17, 15) is 0 Å². The SMILES string of the molecule is C=C(c1ccc(OC)cc1)c1cc2c(cc1C)C(C)(C)CCC2(C)C. The van der Waals surface area contributed by atoms with E-state index in [-0.39, 0.29) is 10.8 Å². The third-order valence-corrected chi connectivity index (χ3v) is 5.96. The third kappa shape index (κ3) is 3.13. The molecule has 1 heteroatoms. The first-order valence-electron chi connectivity index (χ1n) is 9.15. The Morgan fingerprint density at radius 3 is 1.96 bits per heavy atom. The van der Waals surface area contributed by atoms with Gasteiger partial charge in [0.1, 0.15) is 5.75 Å². The molecule has 0 atom stereocenters. The van der Waals surface area contributed by atoms with Crippen LogP contribution in [0.2, 0.25) is 0 Å². The smallest absolute Gasteiger partial charge is 0.118 e. The minimum absolute atomic E-state index is 0.216. The summed E-state index contributed by atoms with van der Waals surface area (Å²) < 4.78 is 5.27. The van der Waals surface area contributed by atoms with E-state index in [4.69, 9.17) is 4.74 Å². The molecule has 0 fully saturated rings. The summed E-state index contributed by atoms with van der Waals surface area (Å²) in [4.78, 5) is 0. The zero-order valence-corrected chi connectivity index (χ0v) is 16.5. The molecule has 0 unspecified atom stereocenters. The van der Waals surface area contributed by atoms with Gasteiger partial charge < -0.3 is 4.74 Å². The molecule has 132 valence electrons. The molecule has 0 radical (unpaired) electrons. The Morgan fingerprint density at radius 2 is 1.44 bits per heavy atom. The van der Waals surface area contributed by atoms with E-state index in [1.54, 1.807) is 7.11 Å². The Morgan fingerprint density at radius 1 is 0.920 bits per heavy atom. The Kier molecular flexibility index (Phi) is 4.31. The molecule has 0 aliphatic heterocycles. The minimum atomic E-state index is 0.216. The van der Waals surface area contributed by atoms with E-state index < -0.39 is 0 Å². The summed E-state index contributed by atoms with van der Waals surface area (Å²) in [6.45, 7) is 16.1. The average molecular weight is 335 g/mol. The molecular formula is C24H30O. The molecule has 2 aromatic carbocycles. The molecule has 25 heavy (non-hydrogen) atoms. The minimum Gasteiger partial charge on any atom is -0.497 e. The highest BCUT2D eigenvalue weighted by Gasteiger charge is 2.37. The van der Waals surface area contributed by atoms with E-state index in [2.05, 4.69) is 65.5 Å². The normalized spacial score (nSPS) is 17.7. The van der Waals surface area contributed by atoms with Crippen molar-refractivity contribution in [1.82, 2.24) is 0 Å². The van der Waals surface area contributed by atoms with E-state index in [1.165, 1.54) is 35.1 Å². The van der Waals surface area contributed by atoms with Crippen LogP contribution in [-0.4, -0.2) is 7.11 Å². The monoisotopic (exact) mass is 334 g/mol. The number of methoxy groups -OCH3 is 1. The number of benzene rings is 2. The number of hydrogen-bond donors (Lipinski definition) is 0. The first-order valence-corrected chi connectivity index (χ1v) is 9.15. The van der Waals surface area contributed by atoms with Crippen LogP contribution in [0.25, 0.3) is 5.57 Å². The fourth-order valence-electron chi connectivity index (χ4n) is 3.99. The summed E-state index contributed by atoms with van der Waals surface area (Å²) >= 11 is 0. The van der Waals surface area contributed by atoms with E-state index in [1.807, 2.05) is 12.1 Å². The fraction of sp³-hybridized carbons (Fsp3) is 0.417. The van der Waals surface area contributed by atoms with E-state index in [0.29, 0.717) is 0 Å². The Labute approximate surface area is 152 Å². The van der Waals surface area contributed by atoms with Gasteiger partial charge in [0.05, 0.1) is 7.11 Å². The van der Waals surface area contributed by atoms with Crippen molar-refractivity contribution in [2.75, 3.05) is 7.11 Å². The summed E-state index contributed by atoms with van der Waals surface area (Å²) in [5.41, 5.74) is 8.26. The Balaban J connectivity index is 2.10. The van der Waals surface area contributed by atoms with Crippen LogP contribution in [0.4, 0.5) is 0 Å². The zero-order valence-electron chi connectivity index (χ0n) is 16.5. The first kappa shape index (κ1) is 17.8. The van der Waals surface area contributed by atoms with Gasteiger partial charge in [0.15, 0.2) is 0 Å². The van der Waals surface area contributed by atoms with Crippen molar-refractivity contribution in [1.29, 1.82) is 0 Å². The molecule has 0 amide bonds. The van der Waals surface area contributed by atoms with Gasteiger partial charge in [-0.2, -0.15) is 0 Å². The van der Waals surface area contributed by atoms with Crippen LogP contribution in [-0.2, 0) is 10.8 Å². The van der Waals surface area contributed by atoms with Crippen LogP contribution in [0, 0.1) is 6.92 Å². The molecule has 0 N–H and O–H groups in total. The lowest BCUT2D eigenvalue weighted by atomic mass is 9.62. The van der Waals surface area contributed by atoms with E-state index >= 15 is 0 Å². The Bertz CT molecular complexity index is 807. The van der Waals surface area contributed by atoms with Crippen LogP contribution in [0.5, 0.6) is 5.75 Å². The number of fused-ring (bicyclic) bond motifs is 1. The first-order chi connectivity index (χ1) is 11.7. The van der Waals surface area contributed by atoms with Crippen molar-refractivity contribution in [3.8, 4) is 5.75 Å². The van der Waals surface area contributed by atoms with Gasteiger partial charge in [-0.25, -0.2) is 0 Å². The van der Waals surface area contributed by atoms with Gasteiger partial charge in [-0.15, -0.1) is 0 Å². The van der Waals surface area contributed by atoms with Crippen LogP contribution >= 0.6 is 0 Å². The average Bonchev–Trinajstić information content (AvgIpc) is 2.58. The van der Waals surface area contributed by atoms with Crippen molar-refractivity contribution in [2.24, 2.45) is 0 Å². The molecule has 0 saturated heterocycles. The molecule has 2 aromatic rings. The quantitative estimate of drug-likeness (QED) is 0.630. The summed E-state index contributed by atoms with van der Waals surface area (Å²) in [7, 11) is 1.70. The zero-order chi connectivity index (χ0) is 18.4. The van der Waals surface area contributed by atoms with Gasteiger partial charge in [0.25, 0.3) is 0 Å². The van der Waals surface area contributed by atoms with Crippen LogP contribution in [0.1, 0.15) is 68.4 Å². The maximum atomic E-state index is 5.27. The van der Waals surface area contributed by atoms with Gasteiger partial charge in [0.2, 0.25) is 0 Å². The highest BCUT2D eigenvalue weighted by Crippen LogP contribution is 2.47. The maximum absolute atomic E-state index is 5.27. The largest absolute Gasteiger partial charge is 0.497 e. The second-order valence-corrected chi connectivity index (χ2v) is 8.69. The lowest BCUT2D eigenvalue weighted by molar-refractivity contribution is 0.331. The molecule has 1 aliphatic carbocycles. The van der Waals surface area contributed by atoms with Crippen molar-refractivity contribution in [2.45, 2.75) is 58.3 Å². The molecule has 0 saturated carbocycles. The van der Waals surface area contributed by atoms with Crippen molar-refractivity contribution < 1.29 is 4.74 Å². The van der Waals surface area contributed by atoms with Crippen molar-refractivity contribution in [3.05, 3.63) is 70.8 Å². The topological polar surface area (TPSA) is 9.23 Å². The summed E-state index contributed by atoms with van der Waals surface area (Å²) in [5.74, 6) is 0.876. The Hall–Kier alpha value is -2.02. The molecule has 1 aliphatic rings. The van der Waals surface area contributed by atoms with Gasteiger partial charge in [-0.05, 0) is 76.1 Å². The van der Waals surface area contributed by atoms with Crippen LogP contribution in [0.15, 0.2) is 43.0 Å². The van der Waals surface area contributed by atoms with Gasteiger partial charge in [0, 0.05) is 0 Å². The predicted molar refractivity (Wildman–Crippen MR) is 108 cm³/mol. The molecule has 0 heterocycles. The lowest BCUT2D eigenvalue weighted by Crippen LogP contribution is -2.34. The molecule has 0 spiro atoms. The molecule has 0 bridgehead atoms. The fourth-order valence-corrected chi connectivity index (χ4v) is 3.99. The second-order valence-electron chi connectivity index (χ2n) is 8.69. The number of aryl methyl sites for hydroxylation is 1. The highest BCUT2D eigenvalue weighted by molar-refractivity contribution is 5.80. The standard InChI is InChI=1S/C24H30O/c1-16-14-21-22(24(5,6)13-12-23(21,3)4)15-20(16)17(2)18-8-10-19(25-7)11-9-18/h8-11,14-15H,2,12-13H2,1,3-7H3. The summed E-state index contributed by atoms with van der Waals surface area (Å²) in [6, 6.07) is 13.0. The maximum Gasteiger partial charge on any atom is 0.118 e. The lowest BCUT2D eigenvalue weighted by Gasteiger charge is -2.42. The summed E-state index contributed by atoms with van der Waals surface area (Å²) in [6.07, 6.45) is 2.47. The van der Waals surface area contributed by atoms with Crippen LogP contribution < -0.4 is 4.74 Å². The van der Waals surface area contributed by atoms with Gasteiger partial charge in [-0.1, -0.05) is 58.5 Å². The van der Waals surface area contributed by atoms with E-state index in [0.717, 1.165) is 16.9 Å². The number of hydrogen-bond acceptors (Lipinski definition) is 1. The van der Waals surface area contributed by atoms with Crippen molar-refractivity contribution in [3.63, 3.8) is 0 Å². The number of rotatable bonds is 3. The van der Waals surface area contributed by atoms with Crippen molar-refractivity contribution >= 4 is 5.57 Å². The second kappa shape index (κ2) is 6.05.